The van der Waals surface area contributed by atoms with Gasteiger partial charge in [0.15, 0.2) is 0 Å². The van der Waals surface area contributed by atoms with Crippen LogP contribution in [0.15, 0.2) is 53.0 Å². The van der Waals surface area contributed by atoms with Crippen LogP contribution in [0.5, 0.6) is 0 Å². The molecule has 0 aliphatic heterocycles. The second-order valence-electron chi connectivity index (χ2n) is 7.05. The number of nitrogens with one attached hydrogen (secondary N) is 2. The minimum atomic E-state index is -0.343. The number of ether oxygens (including phenoxy) is 1. The number of carbonyl (C=O) groups excluding carboxylic acids is 2. The van der Waals surface area contributed by atoms with Crippen molar-refractivity contribution in [2.24, 2.45) is 10.8 Å². The number of carbonyl (C=O) groups is 2. The topological polar surface area (TPSA) is 119 Å². The standard InChI is InChI=1S/C23H25N5O3S.ClH/c1-15(29)28-21-11-16(5-9-19(21)25-13-27-24)6-10-20-22(32-14-26-20)12-17-3-7-18(8-4-17)23(30)31-2;/h3-5,7-9,11,13-14H,6,10,12,24H2,1-2H3,(H,25,27)(H,28,29);1H. The fourth-order valence-corrected chi connectivity index (χ4v) is 4.06. The zero-order valence-corrected chi connectivity index (χ0v) is 20.0. The van der Waals surface area contributed by atoms with Crippen LogP contribution in [-0.4, -0.2) is 30.3 Å². The molecular weight excluding hydrogens is 462 g/mol. The number of anilines is 1. The molecule has 0 aliphatic carbocycles. The lowest BCUT2D eigenvalue weighted by Crippen LogP contribution is -2.18. The average molecular weight is 488 g/mol. The second-order valence-corrected chi connectivity index (χ2v) is 7.98. The maximum absolute atomic E-state index is 11.6. The number of nitrogens with two attached hydrogens (primary N) is 1. The number of thiazole rings is 1. The largest absolute Gasteiger partial charge is 0.465 e. The number of aromatic nitrogens is 1. The van der Waals surface area contributed by atoms with Crippen LogP contribution in [0.4, 0.5) is 11.4 Å². The zero-order chi connectivity index (χ0) is 22.9. The van der Waals surface area contributed by atoms with Gasteiger partial charge in [0, 0.05) is 18.2 Å². The molecule has 10 heteroatoms. The third-order valence-corrected chi connectivity index (χ3v) is 5.64. The van der Waals surface area contributed by atoms with E-state index in [9.17, 15) is 9.59 Å². The molecule has 0 saturated carbocycles. The lowest BCUT2D eigenvalue weighted by molar-refractivity contribution is -0.114. The summed E-state index contributed by atoms with van der Waals surface area (Å²) in [5.74, 6) is 4.73. The molecule has 1 heterocycles. The van der Waals surface area contributed by atoms with E-state index in [4.69, 9.17) is 10.6 Å². The van der Waals surface area contributed by atoms with Crippen molar-refractivity contribution in [3.05, 3.63) is 75.2 Å². The van der Waals surface area contributed by atoms with Crippen LogP contribution in [0.25, 0.3) is 0 Å². The molecule has 174 valence electrons. The molecule has 2 aromatic carbocycles. The molecule has 0 bridgehead atoms. The molecule has 33 heavy (non-hydrogen) atoms. The van der Waals surface area contributed by atoms with Gasteiger partial charge in [-0.05, 0) is 48.2 Å². The van der Waals surface area contributed by atoms with Gasteiger partial charge in [0.1, 0.15) is 6.34 Å². The van der Waals surface area contributed by atoms with Gasteiger partial charge < -0.3 is 15.5 Å². The maximum Gasteiger partial charge on any atom is 0.337 e. The molecule has 0 atom stereocenters. The average Bonchev–Trinajstić information content (AvgIpc) is 3.23. The first-order valence-corrected chi connectivity index (χ1v) is 10.9. The summed E-state index contributed by atoms with van der Waals surface area (Å²) < 4.78 is 4.74. The van der Waals surface area contributed by atoms with Gasteiger partial charge in [-0.2, -0.15) is 0 Å². The van der Waals surface area contributed by atoms with E-state index in [0.29, 0.717) is 16.9 Å². The van der Waals surface area contributed by atoms with Gasteiger partial charge >= 0.3 is 5.97 Å². The van der Waals surface area contributed by atoms with Crippen LogP contribution in [0.2, 0.25) is 0 Å². The zero-order valence-electron chi connectivity index (χ0n) is 18.3. The number of hydrogen-bond donors (Lipinski definition) is 3. The molecule has 1 amide bonds. The number of benzene rings is 2. The number of rotatable bonds is 9. The second kappa shape index (κ2) is 12.7. The summed E-state index contributed by atoms with van der Waals surface area (Å²) in [5.41, 5.74) is 9.21. The monoisotopic (exact) mass is 487 g/mol. The molecule has 0 spiro atoms. The Labute approximate surface area is 202 Å². The lowest BCUT2D eigenvalue weighted by Gasteiger charge is -2.10. The predicted octanol–water partition coefficient (Wildman–Crippen LogP) is 3.81. The summed E-state index contributed by atoms with van der Waals surface area (Å²) in [6.45, 7) is 1.46. The maximum atomic E-state index is 11.6. The molecule has 0 aliphatic rings. The first kappa shape index (κ1) is 26.0. The molecular formula is C23H26ClN5O3S. The van der Waals surface area contributed by atoms with Crippen molar-refractivity contribution in [1.29, 1.82) is 0 Å². The molecule has 4 N–H and O–H groups in total. The Kier molecular flexibility index (Phi) is 9.99. The van der Waals surface area contributed by atoms with Gasteiger partial charge in [-0.25, -0.2) is 20.6 Å². The number of amides is 1. The van der Waals surface area contributed by atoms with E-state index in [1.54, 1.807) is 23.5 Å². The first-order chi connectivity index (χ1) is 15.5. The predicted molar refractivity (Wildman–Crippen MR) is 134 cm³/mol. The summed E-state index contributed by atoms with van der Waals surface area (Å²) in [6.07, 6.45) is 3.65. The number of halogens is 1. The minimum absolute atomic E-state index is 0. The molecule has 3 aromatic rings. The number of esters is 1. The number of hydrogen-bond acceptors (Lipinski definition) is 7. The Morgan fingerprint density at radius 1 is 1.15 bits per heavy atom. The van der Waals surface area contributed by atoms with Crippen molar-refractivity contribution in [3.63, 3.8) is 0 Å². The lowest BCUT2D eigenvalue weighted by atomic mass is 10.0. The van der Waals surface area contributed by atoms with Gasteiger partial charge in [0.25, 0.3) is 0 Å². The smallest absolute Gasteiger partial charge is 0.337 e. The van der Waals surface area contributed by atoms with Gasteiger partial charge in [0.2, 0.25) is 5.91 Å². The van der Waals surface area contributed by atoms with Gasteiger partial charge in [-0.15, -0.1) is 23.7 Å². The highest BCUT2D eigenvalue weighted by Gasteiger charge is 2.11. The normalized spacial score (nSPS) is 10.5. The third kappa shape index (κ3) is 7.38. The fraction of sp³-hybridized carbons (Fsp3) is 0.217. The summed E-state index contributed by atoms with van der Waals surface area (Å²) in [4.78, 5) is 33.1. The Morgan fingerprint density at radius 2 is 1.88 bits per heavy atom. The van der Waals surface area contributed by atoms with E-state index in [2.05, 4.69) is 20.7 Å². The minimum Gasteiger partial charge on any atom is -0.465 e. The third-order valence-electron chi connectivity index (χ3n) is 4.77. The summed E-state index contributed by atoms with van der Waals surface area (Å²) >= 11 is 1.62. The van der Waals surface area contributed by atoms with Crippen LogP contribution in [0.3, 0.4) is 0 Å². The number of nitrogens with zero attached hydrogens (tertiary/aromatic N) is 2. The number of aliphatic imine (C=N–C) groups is 1. The highest BCUT2D eigenvalue weighted by Crippen LogP contribution is 2.27. The highest BCUT2D eigenvalue weighted by atomic mass is 35.5. The first-order valence-electron chi connectivity index (χ1n) is 9.98. The van der Waals surface area contributed by atoms with Crippen molar-refractivity contribution in [2.75, 3.05) is 12.4 Å². The Bertz CT molecular complexity index is 1120. The molecule has 8 nitrogen and oxygen atoms in total. The number of methoxy groups -OCH3 is 1. The van der Waals surface area contributed by atoms with Crippen LogP contribution in [0.1, 0.15) is 39.0 Å². The van der Waals surface area contributed by atoms with E-state index >= 15 is 0 Å². The van der Waals surface area contributed by atoms with Gasteiger partial charge in [0.05, 0.1) is 35.3 Å². The summed E-state index contributed by atoms with van der Waals surface area (Å²) in [5, 5.41) is 2.81. The van der Waals surface area contributed by atoms with E-state index in [-0.39, 0.29) is 24.3 Å². The van der Waals surface area contributed by atoms with Gasteiger partial charge in [-0.1, -0.05) is 18.2 Å². The van der Waals surface area contributed by atoms with E-state index in [1.807, 2.05) is 35.8 Å². The SMILES string of the molecule is COC(=O)c1ccc(Cc2scnc2CCc2ccc(N=CNN)c(NC(C)=O)c2)cc1.Cl. The van der Waals surface area contributed by atoms with E-state index in [1.165, 1.54) is 25.2 Å². The van der Waals surface area contributed by atoms with Crippen molar-refractivity contribution >= 4 is 53.3 Å². The van der Waals surface area contributed by atoms with Crippen molar-refractivity contribution in [1.82, 2.24) is 10.4 Å². The Balaban J connectivity index is 0.00000385. The van der Waals surface area contributed by atoms with E-state index < -0.39 is 0 Å². The summed E-state index contributed by atoms with van der Waals surface area (Å²) in [6, 6.07) is 13.2. The Hall–Kier alpha value is -3.27. The fourth-order valence-electron chi connectivity index (χ4n) is 3.21. The molecule has 0 radical (unpaired) electrons. The van der Waals surface area contributed by atoms with Crippen LogP contribution in [-0.2, 0) is 28.8 Å². The van der Waals surface area contributed by atoms with E-state index in [0.717, 1.165) is 36.1 Å². The van der Waals surface area contributed by atoms with Crippen molar-refractivity contribution < 1.29 is 14.3 Å². The van der Waals surface area contributed by atoms with Crippen LogP contribution < -0.4 is 16.6 Å². The summed E-state index contributed by atoms with van der Waals surface area (Å²) in [7, 11) is 1.37. The number of aryl methyl sites for hydroxylation is 2. The van der Waals surface area contributed by atoms with Crippen molar-refractivity contribution in [3.8, 4) is 0 Å². The Morgan fingerprint density at radius 3 is 2.55 bits per heavy atom. The molecule has 1 aromatic heterocycles. The highest BCUT2D eigenvalue weighted by molar-refractivity contribution is 7.09. The molecule has 0 saturated heterocycles. The number of hydrazine groups is 1. The quantitative estimate of drug-likeness (QED) is 0.139. The molecule has 3 rings (SSSR count). The van der Waals surface area contributed by atoms with Gasteiger partial charge in [-0.3, -0.25) is 4.79 Å². The van der Waals surface area contributed by atoms with Crippen LogP contribution >= 0.6 is 23.7 Å². The molecule has 0 fully saturated rings. The van der Waals surface area contributed by atoms with Crippen LogP contribution in [0, 0.1) is 0 Å². The molecule has 0 unspecified atom stereocenters. The van der Waals surface area contributed by atoms with Crippen molar-refractivity contribution in [2.45, 2.75) is 26.2 Å².